The molecule has 0 spiro atoms. The third kappa shape index (κ3) is 7.13. The Balaban J connectivity index is 1.30. The lowest BCUT2D eigenvalue weighted by Crippen LogP contribution is -2.46. The van der Waals surface area contributed by atoms with Gasteiger partial charge in [-0.05, 0) is 42.8 Å². The van der Waals surface area contributed by atoms with Gasteiger partial charge >= 0.3 is 6.03 Å². The third-order valence-electron chi connectivity index (χ3n) is 5.24. The van der Waals surface area contributed by atoms with Crippen LogP contribution in [0.25, 0.3) is 0 Å². The Morgan fingerprint density at radius 1 is 1.03 bits per heavy atom. The molecule has 2 aromatic rings. The molecule has 1 saturated heterocycles. The van der Waals surface area contributed by atoms with Gasteiger partial charge in [0, 0.05) is 56.0 Å². The number of aromatic hydroxyl groups is 1. The number of hydrogen-bond donors (Lipinski definition) is 4. The first-order valence-electron chi connectivity index (χ1n) is 10.3. The van der Waals surface area contributed by atoms with E-state index in [1.807, 2.05) is 12.1 Å². The van der Waals surface area contributed by atoms with Gasteiger partial charge in [-0.3, -0.25) is 9.69 Å². The number of halogens is 1. The molecule has 1 heterocycles. The van der Waals surface area contributed by atoms with Crippen molar-refractivity contribution in [3.8, 4) is 5.75 Å². The minimum atomic E-state index is -0.723. The second-order valence-corrected chi connectivity index (χ2v) is 8.01. The minimum absolute atomic E-state index is 0.0132. The molecule has 1 fully saturated rings. The van der Waals surface area contributed by atoms with E-state index in [9.17, 15) is 14.7 Å². The fourth-order valence-corrected chi connectivity index (χ4v) is 3.64. The van der Waals surface area contributed by atoms with Gasteiger partial charge in [-0.15, -0.1) is 0 Å². The van der Waals surface area contributed by atoms with Gasteiger partial charge < -0.3 is 26.4 Å². The number of piperazine rings is 1. The summed E-state index contributed by atoms with van der Waals surface area (Å²) in [4.78, 5) is 28.0. The molecule has 3 amide bonds. The molecule has 166 valence electrons. The SMILES string of the molecule is NC(=O)c1ccc(NC(=O)NCCCN2CCN(Cc3ccc(Cl)cc3)CC2)cc1O. The Bertz CT molecular complexity index is 899. The van der Waals surface area contributed by atoms with Crippen molar-refractivity contribution in [3.63, 3.8) is 0 Å². The molecule has 5 N–H and O–H groups in total. The first-order chi connectivity index (χ1) is 14.9. The van der Waals surface area contributed by atoms with Crippen LogP contribution in [0.2, 0.25) is 5.02 Å². The second-order valence-electron chi connectivity index (χ2n) is 7.57. The van der Waals surface area contributed by atoms with Gasteiger partial charge in [-0.25, -0.2) is 4.79 Å². The molecular formula is C22H28ClN5O3. The first kappa shape index (κ1) is 22.9. The Kier molecular flexibility index (Phi) is 8.11. The first-order valence-corrected chi connectivity index (χ1v) is 10.7. The van der Waals surface area contributed by atoms with Crippen molar-refractivity contribution < 1.29 is 14.7 Å². The lowest BCUT2D eigenvalue weighted by atomic mass is 10.1. The summed E-state index contributed by atoms with van der Waals surface area (Å²) >= 11 is 5.94. The van der Waals surface area contributed by atoms with Gasteiger partial charge in [-0.2, -0.15) is 0 Å². The number of benzene rings is 2. The van der Waals surface area contributed by atoms with Crippen molar-refractivity contribution >= 4 is 29.2 Å². The van der Waals surface area contributed by atoms with Crippen LogP contribution in [0.1, 0.15) is 22.3 Å². The highest BCUT2D eigenvalue weighted by Gasteiger charge is 2.16. The lowest BCUT2D eigenvalue weighted by molar-refractivity contribution is 0.0998. The predicted octanol–water partition coefficient (Wildman–Crippen LogP) is 2.47. The maximum absolute atomic E-state index is 12.0. The average Bonchev–Trinajstić information content (AvgIpc) is 2.74. The number of nitrogens with two attached hydrogens (primary N) is 1. The number of primary amides is 1. The summed E-state index contributed by atoms with van der Waals surface area (Å²) in [6.07, 6.45) is 0.844. The quantitative estimate of drug-likeness (QED) is 0.466. The zero-order chi connectivity index (χ0) is 22.2. The van der Waals surface area contributed by atoms with Gasteiger partial charge in [0.2, 0.25) is 0 Å². The molecule has 0 aliphatic carbocycles. The number of amides is 3. The van der Waals surface area contributed by atoms with E-state index in [0.29, 0.717) is 12.2 Å². The zero-order valence-corrected chi connectivity index (χ0v) is 18.1. The lowest BCUT2D eigenvalue weighted by Gasteiger charge is -2.34. The van der Waals surface area contributed by atoms with Crippen LogP contribution in [0.15, 0.2) is 42.5 Å². The monoisotopic (exact) mass is 445 g/mol. The number of anilines is 1. The molecule has 0 aromatic heterocycles. The number of nitrogens with zero attached hydrogens (tertiary/aromatic N) is 2. The van der Waals surface area contributed by atoms with E-state index < -0.39 is 5.91 Å². The van der Waals surface area contributed by atoms with E-state index in [1.54, 1.807) is 0 Å². The molecule has 1 aliphatic heterocycles. The molecule has 0 radical (unpaired) electrons. The van der Waals surface area contributed by atoms with Gasteiger partial charge in [0.25, 0.3) is 5.91 Å². The number of phenols is 1. The van der Waals surface area contributed by atoms with Crippen LogP contribution in [-0.4, -0.2) is 66.1 Å². The Hall–Kier alpha value is -2.81. The van der Waals surface area contributed by atoms with E-state index >= 15 is 0 Å². The van der Waals surface area contributed by atoms with Crippen LogP contribution in [0.3, 0.4) is 0 Å². The zero-order valence-electron chi connectivity index (χ0n) is 17.3. The molecule has 0 saturated carbocycles. The summed E-state index contributed by atoms with van der Waals surface area (Å²) in [5, 5.41) is 15.9. The van der Waals surface area contributed by atoms with Crippen molar-refractivity contribution in [2.45, 2.75) is 13.0 Å². The van der Waals surface area contributed by atoms with Crippen molar-refractivity contribution in [3.05, 3.63) is 58.6 Å². The third-order valence-corrected chi connectivity index (χ3v) is 5.49. The standard InChI is InChI=1S/C22H28ClN5O3/c23-17-4-2-16(3-5-17)15-28-12-10-27(11-13-28)9-1-8-25-22(31)26-18-6-7-19(21(24)30)20(29)14-18/h2-7,14,29H,1,8-13,15H2,(H2,24,30)(H2,25,26,31). The highest BCUT2D eigenvalue weighted by molar-refractivity contribution is 6.30. The Morgan fingerprint density at radius 3 is 2.35 bits per heavy atom. The minimum Gasteiger partial charge on any atom is -0.507 e. The maximum Gasteiger partial charge on any atom is 0.319 e. The maximum atomic E-state index is 12.0. The second kappa shape index (κ2) is 11.0. The molecule has 31 heavy (non-hydrogen) atoms. The van der Waals surface area contributed by atoms with Gasteiger partial charge in [0.05, 0.1) is 5.56 Å². The number of rotatable bonds is 8. The number of hydrogen-bond acceptors (Lipinski definition) is 5. The molecule has 2 aromatic carbocycles. The number of carbonyl (C=O) groups is 2. The van der Waals surface area contributed by atoms with Crippen LogP contribution in [0.5, 0.6) is 5.75 Å². The van der Waals surface area contributed by atoms with Crippen LogP contribution >= 0.6 is 11.6 Å². The predicted molar refractivity (Wildman–Crippen MR) is 121 cm³/mol. The van der Waals surface area contributed by atoms with Gasteiger partial charge in [0.15, 0.2) is 0 Å². The molecule has 0 unspecified atom stereocenters. The van der Waals surface area contributed by atoms with Crippen LogP contribution in [0.4, 0.5) is 10.5 Å². The van der Waals surface area contributed by atoms with E-state index in [0.717, 1.165) is 50.7 Å². The molecule has 8 nitrogen and oxygen atoms in total. The van der Waals surface area contributed by atoms with Crippen LogP contribution in [0, 0.1) is 0 Å². The smallest absolute Gasteiger partial charge is 0.319 e. The average molecular weight is 446 g/mol. The summed E-state index contributed by atoms with van der Waals surface area (Å²) in [6.45, 7) is 6.44. The number of carbonyl (C=O) groups excluding carboxylic acids is 2. The fourth-order valence-electron chi connectivity index (χ4n) is 3.52. The largest absolute Gasteiger partial charge is 0.507 e. The van der Waals surface area contributed by atoms with Crippen molar-refractivity contribution in [2.24, 2.45) is 5.73 Å². The van der Waals surface area contributed by atoms with E-state index in [4.69, 9.17) is 17.3 Å². The van der Waals surface area contributed by atoms with Gasteiger partial charge in [0.1, 0.15) is 5.75 Å². The van der Waals surface area contributed by atoms with E-state index in [1.165, 1.54) is 23.8 Å². The number of nitrogens with one attached hydrogen (secondary N) is 2. The summed E-state index contributed by atoms with van der Waals surface area (Å²) in [7, 11) is 0. The van der Waals surface area contributed by atoms with Crippen LogP contribution in [-0.2, 0) is 6.54 Å². The molecule has 1 aliphatic rings. The van der Waals surface area contributed by atoms with Crippen molar-refractivity contribution in [2.75, 3.05) is 44.6 Å². The summed E-state index contributed by atoms with van der Waals surface area (Å²) in [6, 6.07) is 11.8. The highest BCUT2D eigenvalue weighted by atomic mass is 35.5. The van der Waals surface area contributed by atoms with Crippen LogP contribution < -0.4 is 16.4 Å². The molecular weight excluding hydrogens is 418 g/mol. The molecule has 0 bridgehead atoms. The van der Waals surface area contributed by atoms with E-state index in [2.05, 4.69) is 32.6 Å². The fraction of sp³-hybridized carbons (Fsp3) is 0.364. The Morgan fingerprint density at radius 2 is 1.71 bits per heavy atom. The number of urea groups is 1. The Labute approximate surface area is 187 Å². The normalized spacial score (nSPS) is 14.9. The molecule has 9 heteroatoms. The molecule has 0 atom stereocenters. The summed E-state index contributed by atoms with van der Waals surface area (Å²) in [5.41, 5.74) is 6.81. The van der Waals surface area contributed by atoms with Crippen molar-refractivity contribution in [1.82, 2.24) is 15.1 Å². The molecule has 3 rings (SSSR count). The van der Waals surface area contributed by atoms with E-state index in [-0.39, 0.29) is 17.3 Å². The summed E-state index contributed by atoms with van der Waals surface area (Å²) in [5.74, 6) is -0.986. The topological polar surface area (TPSA) is 111 Å². The van der Waals surface area contributed by atoms with Crippen molar-refractivity contribution in [1.29, 1.82) is 0 Å². The summed E-state index contributed by atoms with van der Waals surface area (Å²) < 4.78 is 0. The van der Waals surface area contributed by atoms with Gasteiger partial charge in [-0.1, -0.05) is 23.7 Å². The highest BCUT2D eigenvalue weighted by Crippen LogP contribution is 2.21.